The number of ether oxygens (including phenoxy) is 1. The van der Waals surface area contributed by atoms with Crippen LogP contribution in [0.3, 0.4) is 0 Å². The lowest BCUT2D eigenvalue weighted by atomic mass is 10.2. The largest absolute Gasteiger partial charge is 0.465 e. The molecule has 0 radical (unpaired) electrons. The predicted molar refractivity (Wildman–Crippen MR) is 79.3 cm³/mol. The highest BCUT2D eigenvalue weighted by molar-refractivity contribution is 7.17. The van der Waals surface area contributed by atoms with E-state index in [1.54, 1.807) is 17.5 Å². The molecule has 0 aromatic carbocycles. The number of rotatable bonds is 5. The van der Waals surface area contributed by atoms with E-state index in [1.165, 1.54) is 23.3 Å². The highest BCUT2D eigenvalue weighted by Crippen LogP contribution is 2.25. The zero-order chi connectivity index (χ0) is 13.8. The number of hydrogen-bond acceptors (Lipinski definition) is 6. The lowest BCUT2D eigenvalue weighted by molar-refractivity contribution is 0.0606. The zero-order valence-corrected chi connectivity index (χ0v) is 12.8. The highest BCUT2D eigenvalue weighted by atomic mass is 32.1. The molecule has 0 spiro atoms. The molecule has 0 bridgehead atoms. The van der Waals surface area contributed by atoms with Gasteiger partial charge in [0.25, 0.3) is 0 Å². The Labute approximate surface area is 120 Å². The van der Waals surface area contributed by atoms with Crippen LogP contribution in [0.25, 0.3) is 0 Å². The Morgan fingerprint density at radius 2 is 2.37 bits per heavy atom. The minimum atomic E-state index is -0.331. The minimum absolute atomic E-state index is 0.329. The Bertz CT molecular complexity index is 537. The molecule has 4 nitrogen and oxygen atoms in total. The van der Waals surface area contributed by atoms with E-state index in [-0.39, 0.29) is 5.97 Å². The molecule has 6 heteroatoms. The molecular weight excluding hydrogens is 280 g/mol. The number of aromatic nitrogens is 1. The highest BCUT2D eigenvalue weighted by Gasteiger charge is 2.17. The van der Waals surface area contributed by atoms with E-state index in [0.29, 0.717) is 10.9 Å². The first-order valence-corrected chi connectivity index (χ1v) is 7.60. The van der Waals surface area contributed by atoms with Crippen molar-refractivity contribution in [2.45, 2.75) is 19.4 Å². The van der Waals surface area contributed by atoms with Crippen molar-refractivity contribution < 1.29 is 9.53 Å². The van der Waals surface area contributed by atoms with E-state index in [9.17, 15) is 4.79 Å². The number of carbonyl (C=O) groups is 1. The fraction of sp³-hybridized carbons (Fsp3) is 0.385. The van der Waals surface area contributed by atoms with Crippen LogP contribution >= 0.6 is 22.7 Å². The topological polar surface area (TPSA) is 42.4 Å². The van der Waals surface area contributed by atoms with Crippen LogP contribution in [0.5, 0.6) is 0 Å². The van der Waals surface area contributed by atoms with Crippen molar-refractivity contribution in [2.24, 2.45) is 0 Å². The molecule has 2 rings (SSSR count). The van der Waals surface area contributed by atoms with Gasteiger partial charge in [-0.25, -0.2) is 9.78 Å². The Kier molecular flexibility index (Phi) is 4.55. The maximum Gasteiger partial charge on any atom is 0.349 e. The lowest BCUT2D eigenvalue weighted by Crippen LogP contribution is -2.30. The second-order valence-electron chi connectivity index (χ2n) is 4.24. The van der Waals surface area contributed by atoms with E-state index in [0.717, 1.165) is 11.6 Å². The van der Waals surface area contributed by atoms with Gasteiger partial charge in [-0.15, -0.1) is 11.3 Å². The third kappa shape index (κ3) is 3.33. The standard InChI is InChI=1S/C13H16N2O2S2/c1-9(7-10-5-4-6-18-10)15(2)13-14-8-11(19-13)12(16)17-3/h4-6,8-9H,7H2,1-3H3. The molecule has 0 aliphatic rings. The van der Waals surface area contributed by atoms with Crippen LogP contribution in [-0.2, 0) is 11.2 Å². The quantitative estimate of drug-likeness (QED) is 0.795. The molecule has 19 heavy (non-hydrogen) atoms. The molecule has 0 aliphatic carbocycles. The van der Waals surface area contributed by atoms with Crippen molar-refractivity contribution in [3.05, 3.63) is 33.5 Å². The number of anilines is 1. The molecular formula is C13H16N2O2S2. The second-order valence-corrected chi connectivity index (χ2v) is 6.28. The molecule has 0 aliphatic heterocycles. The van der Waals surface area contributed by atoms with Gasteiger partial charge in [0.2, 0.25) is 0 Å². The van der Waals surface area contributed by atoms with E-state index in [1.807, 2.05) is 7.05 Å². The molecule has 2 aromatic rings. The van der Waals surface area contributed by atoms with Gasteiger partial charge in [-0.3, -0.25) is 0 Å². The normalized spacial score (nSPS) is 12.2. The summed E-state index contributed by atoms with van der Waals surface area (Å²) in [6.07, 6.45) is 2.54. The Balaban J connectivity index is 2.04. The first-order chi connectivity index (χ1) is 9.11. The summed E-state index contributed by atoms with van der Waals surface area (Å²) in [5.41, 5.74) is 0. The summed E-state index contributed by atoms with van der Waals surface area (Å²) in [6, 6.07) is 4.53. The van der Waals surface area contributed by atoms with Crippen LogP contribution in [0, 0.1) is 0 Å². The molecule has 0 saturated heterocycles. The maximum absolute atomic E-state index is 11.4. The summed E-state index contributed by atoms with van der Waals surface area (Å²) in [5, 5.41) is 2.92. The average Bonchev–Trinajstić information content (AvgIpc) is 3.07. The van der Waals surface area contributed by atoms with Crippen molar-refractivity contribution in [3.63, 3.8) is 0 Å². The van der Waals surface area contributed by atoms with Gasteiger partial charge < -0.3 is 9.64 Å². The van der Waals surface area contributed by atoms with Crippen molar-refractivity contribution in [3.8, 4) is 0 Å². The smallest absolute Gasteiger partial charge is 0.349 e. The maximum atomic E-state index is 11.4. The Hall–Kier alpha value is -1.40. The average molecular weight is 296 g/mol. The Morgan fingerprint density at radius 3 is 3.00 bits per heavy atom. The molecule has 2 aromatic heterocycles. The van der Waals surface area contributed by atoms with Gasteiger partial charge in [0, 0.05) is 24.4 Å². The molecule has 1 atom stereocenters. The van der Waals surface area contributed by atoms with Crippen LogP contribution in [0.4, 0.5) is 5.13 Å². The van der Waals surface area contributed by atoms with E-state index in [4.69, 9.17) is 0 Å². The van der Waals surface area contributed by atoms with Crippen LogP contribution < -0.4 is 4.90 Å². The van der Waals surface area contributed by atoms with Crippen LogP contribution in [0.15, 0.2) is 23.7 Å². The monoisotopic (exact) mass is 296 g/mol. The molecule has 2 heterocycles. The molecule has 0 fully saturated rings. The number of likely N-dealkylation sites (N-methyl/N-ethyl adjacent to an activating group) is 1. The summed E-state index contributed by atoms with van der Waals surface area (Å²) >= 11 is 3.12. The number of esters is 1. The number of hydrogen-bond donors (Lipinski definition) is 0. The molecule has 0 saturated carbocycles. The number of thiophene rings is 1. The van der Waals surface area contributed by atoms with Crippen molar-refractivity contribution >= 4 is 33.8 Å². The van der Waals surface area contributed by atoms with Gasteiger partial charge in [-0.05, 0) is 18.4 Å². The Morgan fingerprint density at radius 1 is 1.58 bits per heavy atom. The third-order valence-corrected chi connectivity index (χ3v) is 4.89. The molecule has 0 amide bonds. The predicted octanol–water partition coefficient (Wildman–Crippen LogP) is 3.06. The van der Waals surface area contributed by atoms with Gasteiger partial charge >= 0.3 is 5.97 Å². The number of nitrogens with zero attached hydrogens (tertiary/aromatic N) is 2. The first kappa shape index (κ1) is 14.0. The van der Waals surface area contributed by atoms with Gasteiger partial charge in [0.1, 0.15) is 4.88 Å². The molecule has 0 N–H and O–H groups in total. The summed E-state index contributed by atoms with van der Waals surface area (Å²) in [6.45, 7) is 2.15. The van der Waals surface area contributed by atoms with Crippen molar-refractivity contribution in [2.75, 3.05) is 19.1 Å². The molecule has 1 unspecified atom stereocenters. The summed E-state index contributed by atoms with van der Waals surface area (Å²) in [7, 11) is 3.38. The van der Waals surface area contributed by atoms with Crippen molar-refractivity contribution in [1.82, 2.24) is 4.98 Å². The fourth-order valence-electron chi connectivity index (χ4n) is 1.67. The number of carbonyl (C=O) groups excluding carboxylic acids is 1. The third-order valence-electron chi connectivity index (χ3n) is 2.92. The summed E-state index contributed by atoms with van der Waals surface area (Å²) < 4.78 is 4.69. The molecule has 102 valence electrons. The summed E-state index contributed by atoms with van der Waals surface area (Å²) in [5.74, 6) is -0.331. The SMILES string of the molecule is COC(=O)c1cnc(N(C)C(C)Cc2cccs2)s1. The van der Waals surface area contributed by atoms with Crippen molar-refractivity contribution in [1.29, 1.82) is 0 Å². The van der Waals surface area contributed by atoms with Gasteiger partial charge in [-0.2, -0.15) is 0 Å². The van der Waals surface area contributed by atoms with Crippen LogP contribution in [-0.4, -0.2) is 31.2 Å². The van der Waals surface area contributed by atoms with E-state index in [2.05, 4.69) is 39.1 Å². The van der Waals surface area contributed by atoms with E-state index >= 15 is 0 Å². The fourth-order valence-corrected chi connectivity index (χ4v) is 3.39. The minimum Gasteiger partial charge on any atom is -0.465 e. The van der Waals surface area contributed by atoms with Crippen LogP contribution in [0.2, 0.25) is 0 Å². The van der Waals surface area contributed by atoms with E-state index < -0.39 is 0 Å². The number of methoxy groups -OCH3 is 1. The first-order valence-electron chi connectivity index (χ1n) is 5.91. The number of thiazole rings is 1. The van der Waals surface area contributed by atoms with Gasteiger partial charge in [0.15, 0.2) is 5.13 Å². The lowest BCUT2D eigenvalue weighted by Gasteiger charge is -2.23. The zero-order valence-electron chi connectivity index (χ0n) is 11.1. The van der Waals surface area contributed by atoms with Crippen LogP contribution in [0.1, 0.15) is 21.5 Å². The second kappa shape index (κ2) is 6.16. The van der Waals surface area contributed by atoms with Gasteiger partial charge in [0.05, 0.1) is 13.3 Å². The summed E-state index contributed by atoms with van der Waals surface area (Å²) in [4.78, 5) is 19.7. The van der Waals surface area contributed by atoms with Gasteiger partial charge in [-0.1, -0.05) is 17.4 Å².